The van der Waals surface area contributed by atoms with Crippen molar-refractivity contribution < 1.29 is 28.7 Å². The van der Waals surface area contributed by atoms with Gasteiger partial charge in [0, 0.05) is 5.57 Å². The maximum Gasteiger partial charge on any atom is 0.412 e. The average Bonchev–Trinajstić information content (AvgIpc) is 2.00. The van der Waals surface area contributed by atoms with E-state index >= 15 is 0 Å². The third-order valence-corrected chi connectivity index (χ3v) is 1.05. The Morgan fingerprint density at radius 1 is 1.00 bits per heavy atom. The predicted molar refractivity (Wildman–Crippen MR) is 45.1 cm³/mol. The lowest BCUT2D eigenvalue weighted by Crippen LogP contribution is -2.23. The van der Waals surface area contributed by atoms with Crippen LogP contribution >= 0.6 is 0 Å². The molecule has 0 fully saturated rings. The minimum atomic E-state index is -1.33. The van der Waals surface area contributed by atoms with E-state index in [1.165, 1.54) is 0 Å². The van der Waals surface area contributed by atoms with Gasteiger partial charge in [0.25, 0.3) is 0 Å². The Labute approximate surface area is 83.8 Å². The van der Waals surface area contributed by atoms with Crippen LogP contribution in [0.15, 0.2) is 12.2 Å². The van der Waals surface area contributed by atoms with E-state index in [9.17, 15) is 19.2 Å². The van der Waals surface area contributed by atoms with Crippen molar-refractivity contribution in [1.82, 2.24) is 0 Å². The third-order valence-electron chi connectivity index (χ3n) is 1.05. The maximum absolute atomic E-state index is 10.8. The van der Waals surface area contributed by atoms with E-state index in [2.05, 4.69) is 27.5 Å². The zero-order valence-electron chi connectivity index (χ0n) is 7.52. The number of primary amides is 2. The van der Waals surface area contributed by atoms with E-state index in [-0.39, 0.29) is 5.57 Å². The summed E-state index contributed by atoms with van der Waals surface area (Å²) in [5.41, 5.74) is 8.66. The van der Waals surface area contributed by atoms with Gasteiger partial charge < -0.3 is 20.9 Å². The second-order valence-electron chi connectivity index (χ2n) is 2.28. The zero-order chi connectivity index (χ0) is 12.0. The summed E-state index contributed by atoms with van der Waals surface area (Å²) < 4.78 is 7.79. The van der Waals surface area contributed by atoms with Crippen molar-refractivity contribution in [2.75, 3.05) is 0 Å². The molecule has 0 aromatic carbocycles. The van der Waals surface area contributed by atoms with Gasteiger partial charge in [0.1, 0.15) is 0 Å². The van der Waals surface area contributed by atoms with E-state index in [1.807, 2.05) is 0 Å². The molecule has 0 aliphatic heterocycles. The van der Waals surface area contributed by atoms with Crippen molar-refractivity contribution in [3.63, 3.8) is 0 Å². The molecule has 4 N–H and O–H groups in total. The minimum absolute atomic E-state index is 0.389. The zero-order valence-corrected chi connectivity index (χ0v) is 7.52. The van der Waals surface area contributed by atoms with Gasteiger partial charge in [-0.05, 0) is 0 Å². The molecule has 15 heavy (non-hydrogen) atoms. The summed E-state index contributed by atoms with van der Waals surface area (Å²) in [5, 5.41) is 0. The lowest BCUT2D eigenvalue weighted by atomic mass is 10.2. The molecule has 2 amide bonds. The Morgan fingerprint density at radius 3 is 1.87 bits per heavy atom. The molecule has 0 atom stereocenters. The number of nitrogens with two attached hydrogens (primary N) is 2. The number of hydrogen-bond donors (Lipinski definition) is 2. The van der Waals surface area contributed by atoms with Crippen LogP contribution in [0, 0.1) is 0 Å². The Kier molecular flexibility index (Phi) is 4.52. The number of ether oxygens (including phenoxy) is 2. The van der Waals surface area contributed by atoms with Crippen molar-refractivity contribution in [3.8, 4) is 0 Å². The first kappa shape index (κ1) is 12.6. The van der Waals surface area contributed by atoms with Crippen LogP contribution in [-0.2, 0) is 19.1 Å². The highest BCUT2D eigenvalue weighted by Gasteiger charge is 2.17. The molecule has 0 saturated heterocycles. The first-order chi connectivity index (χ1) is 6.82. The highest BCUT2D eigenvalue weighted by atomic mass is 16.6. The van der Waals surface area contributed by atoms with Crippen LogP contribution in [0.2, 0.25) is 0 Å². The number of carbonyl (C=O) groups excluding carboxylic acids is 4. The lowest BCUT2D eigenvalue weighted by Gasteiger charge is -2.02. The number of hydrogen-bond acceptors (Lipinski definition) is 6. The van der Waals surface area contributed by atoms with E-state index < -0.39 is 30.5 Å². The van der Waals surface area contributed by atoms with Crippen LogP contribution < -0.4 is 11.5 Å². The average molecular weight is 216 g/mol. The summed E-state index contributed by atoms with van der Waals surface area (Å²) in [4.78, 5) is 41.8. The van der Waals surface area contributed by atoms with E-state index in [1.54, 1.807) is 0 Å². The molecular weight excluding hydrogens is 208 g/mol. The molecule has 0 aromatic heterocycles. The summed E-state index contributed by atoms with van der Waals surface area (Å²) in [7, 11) is 0. The topological polar surface area (TPSA) is 139 Å². The molecule has 0 heterocycles. The molecule has 0 saturated carbocycles. The first-order valence-electron chi connectivity index (χ1n) is 3.52. The fourth-order valence-corrected chi connectivity index (χ4v) is 0.558. The molecule has 0 unspecified atom stereocenters. The number of amides is 2. The van der Waals surface area contributed by atoms with Gasteiger partial charge in [-0.1, -0.05) is 6.58 Å². The SMILES string of the molecule is C=C(CC(=O)OC(N)=O)C(=O)OC(N)=O. The summed E-state index contributed by atoms with van der Waals surface area (Å²) in [5.74, 6) is -2.27. The number of esters is 2. The first-order valence-corrected chi connectivity index (χ1v) is 3.52. The molecule has 0 spiro atoms. The van der Waals surface area contributed by atoms with Crippen LogP contribution in [0.3, 0.4) is 0 Å². The van der Waals surface area contributed by atoms with Crippen LogP contribution in [0.5, 0.6) is 0 Å². The van der Waals surface area contributed by atoms with Gasteiger partial charge in [-0.2, -0.15) is 0 Å². The number of carbonyl (C=O) groups is 4. The van der Waals surface area contributed by atoms with Crippen molar-refractivity contribution in [2.45, 2.75) is 6.42 Å². The van der Waals surface area contributed by atoms with Crippen molar-refractivity contribution >= 4 is 24.1 Å². The van der Waals surface area contributed by atoms with Crippen LogP contribution in [0.1, 0.15) is 6.42 Å². The summed E-state index contributed by atoms with van der Waals surface area (Å²) in [6.07, 6.45) is -3.27. The smallest absolute Gasteiger partial charge is 0.376 e. The third kappa shape index (κ3) is 5.80. The van der Waals surface area contributed by atoms with Crippen molar-refractivity contribution in [3.05, 3.63) is 12.2 Å². The fourth-order valence-electron chi connectivity index (χ4n) is 0.558. The molecule has 8 heteroatoms. The van der Waals surface area contributed by atoms with Crippen LogP contribution in [-0.4, -0.2) is 24.1 Å². The predicted octanol–water partition coefficient (Wildman–Crippen LogP) is -0.823. The van der Waals surface area contributed by atoms with E-state index in [0.29, 0.717) is 0 Å². The fraction of sp³-hybridized carbons (Fsp3) is 0.143. The normalized spacial score (nSPS) is 8.80. The highest BCUT2D eigenvalue weighted by molar-refractivity contribution is 5.99. The Morgan fingerprint density at radius 2 is 1.47 bits per heavy atom. The van der Waals surface area contributed by atoms with Gasteiger partial charge in [0.15, 0.2) is 0 Å². The molecule has 82 valence electrons. The summed E-state index contributed by atoms with van der Waals surface area (Å²) in [6.45, 7) is 3.12. The molecule has 0 aromatic rings. The second kappa shape index (κ2) is 5.37. The number of rotatable bonds is 3. The standard InChI is InChI=1S/C7H8N2O6/c1-3(5(11)15-7(9)13)2-4(10)14-6(8)12/h1-2H2,(H2,8,12)(H2,9,13). The largest absolute Gasteiger partial charge is 0.412 e. The molecular formula is C7H8N2O6. The molecule has 0 bridgehead atoms. The van der Waals surface area contributed by atoms with Crippen molar-refractivity contribution in [1.29, 1.82) is 0 Å². The lowest BCUT2D eigenvalue weighted by molar-refractivity contribution is -0.139. The monoisotopic (exact) mass is 216 g/mol. The molecule has 0 radical (unpaired) electrons. The maximum atomic E-state index is 10.8. The molecule has 0 rings (SSSR count). The van der Waals surface area contributed by atoms with Crippen LogP contribution in [0.4, 0.5) is 9.59 Å². The molecule has 0 aliphatic carbocycles. The van der Waals surface area contributed by atoms with Gasteiger partial charge in [-0.25, -0.2) is 14.4 Å². The van der Waals surface area contributed by atoms with Gasteiger partial charge in [0.05, 0.1) is 6.42 Å². The van der Waals surface area contributed by atoms with E-state index in [0.717, 1.165) is 0 Å². The van der Waals surface area contributed by atoms with Gasteiger partial charge in [-0.15, -0.1) is 0 Å². The Balaban J connectivity index is 4.13. The minimum Gasteiger partial charge on any atom is -0.376 e. The van der Waals surface area contributed by atoms with Gasteiger partial charge in [0.2, 0.25) is 0 Å². The Bertz CT molecular complexity index is 334. The Hall–Kier alpha value is -2.38. The van der Waals surface area contributed by atoms with Crippen molar-refractivity contribution in [2.24, 2.45) is 11.5 Å². The highest BCUT2D eigenvalue weighted by Crippen LogP contribution is 2.02. The summed E-state index contributed by atoms with van der Waals surface area (Å²) in [6, 6.07) is 0. The second-order valence-corrected chi connectivity index (χ2v) is 2.28. The van der Waals surface area contributed by atoms with Gasteiger partial charge >= 0.3 is 24.1 Å². The molecule has 0 aliphatic rings. The van der Waals surface area contributed by atoms with E-state index in [4.69, 9.17) is 0 Å². The van der Waals surface area contributed by atoms with Gasteiger partial charge in [-0.3, -0.25) is 4.79 Å². The molecule has 8 nitrogen and oxygen atoms in total. The van der Waals surface area contributed by atoms with Crippen LogP contribution in [0.25, 0.3) is 0 Å². The quantitative estimate of drug-likeness (QED) is 0.358. The summed E-state index contributed by atoms with van der Waals surface area (Å²) >= 11 is 0.